The van der Waals surface area contributed by atoms with E-state index in [-0.39, 0.29) is 5.82 Å². The van der Waals surface area contributed by atoms with Crippen molar-refractivity contribution in [1.29, 1.82) is 0 Å². The number of aliphatic imine (C=N–C) groups is 1. The third kappa shape index (κ3) is 6.35. The fraction of sp³-hybridized carbons (Fsp3) is 0.273. The molecule has 0 aliphatic heterocycles. The maximum absolute atomic E-state index is 13.5. The van der Waals surface area contributed by atoms with Crippen molar-refractivity contribution in [2.24, 2.45) is 4.99 Å². The second-order valence-electron chi connectivity index (χ2n) is 6.68. The van der Waals surface area contributed by atoms with Crippen molar-refractivity contribution >= 4 is 17.7 Å². The number of guanidine groups is 1. The lowest BCUT2D eigenvalue weighted by molar-refractivity contribution is 0.625. The maximum Gasteiger partial charge on any atom is 0.191 e. The fourth-order valence-corrected chi connectivity index (χ4v) is 3.65. The summed E-state index contributed by atoms with van der Waals surface area (Å²) in [6.07, 6.45) is 7.57. The molecule has 2 aromatic carbocycles. The average molecular weight is 412 g/mol. The highest BCUT2D eigenvalue weighted by Crippen LogP contribution is 2.16. The lowest BCUT2D eigenvalue weighted by Gasteiger charge is -2.15. The molecule has 0 spiro atoms. The van der Waals surface area contributed by atoms with Crippen LogP contribution >= 0.6 is 11.8 Å². The molecule has 0 saturated carbocycles. The summed E-state index contributed by atoms with van der Waals surface area (Å²) in [5.74, 6) is 1.30. The Labute approximate surface area is 175 Å². The Morgan fingerprint density at radius 2 is 1.93 bits per heavy atom. The fourth-order valence-electron chi connectivity index (χ4n) is 3.07. The summed E-state index contributed by atoms with van der Waals surface area (Å²) in [6, 6.07) is 13.4. The van der Waals surface area contributed by atoms with E-state index >= 15 is 0 Å². The minimum Gasteiger partial charge on any atom is -0.352 e. The van der Waals surface area contributed by atoms with Crippen molar-refractivity contribution in [2.45, 2.75) is 25.4 Å². The van der Waals surface area contributed by atoms with Crippen LogP contribution in [0.4, 0.5) is 4.39 Å². The average Bonchev–Trinajstić information content (AvgIpc) is 3.23. The van der Waals surface area contributed by atoms with E-state index in [0.717, 1.165) is 23.4 Å². The van der Waals surface area contributed by atoms with E-state index in [2.05, 4.69) is 44.9 Å². The molecule has 152 valence electrons. The van der Waals surface area contributed by atoms with Crippen LogP contribution in [0.25, 0.3) is 0 Å². The number of hydrogen-bond donors (Lipinski definition) is 2. The zero-order valence-corrected chi connectivity index (χ0v) is 17.5. The normalized spacial score (nSPS) is 11.5. The number of hydrogen-bond acceptors (Lipinski definition) is 3. The third-order valence-corrected chi connectivity index (χ3v) is 5.11. The lowest BCUT2D eigenvalue weighted by Crippen LogP contribution is -2.36. The molecule has 5 nitrogen and oxygen atoms in total. The Bertz CT molecular complexity index is 940. The van der Waals surface area contributed by atoms with E-state index in [0.29, 0.717) is 19.0 Å². The standard InChI is InChI=1S/C22H26FN5S/c1-24-22(27-13-19-6-7-21(23)11-20(19)15-29-2)26-12-17-4-3-5-18(10-17)14-28-9-8-25-16-28/h3-11,16H,12-15H2,1-2H3,(H2,24,26,27). The highest BCUT2D eigenvalue weighted by Gasteiger charge is 2.06. The van der Waals surface area contributed by atoms with Gasteiger partial charge in [0.05, 0.1) is 6.33 Å². The van der Waals surface area contributed by atoms with Crippen LogP contribution in [0.5, 0.6) is 0 Å². The largest absolute Gasteiger partial charge is 0.352 e. The zero-order chi connectivity index (χ0) is 20.5. The molecule has 0 bridgehead atoms. The van der Waals surface area contributed by atoms with Crippen molar-refractivity contribution in [3.8, 4) is 0 Å². The summed E-state index contributed by atoms with van der Waals surface area (Å²) in [4.78, 5) is 8.38. The van der Waals surface area contributed by atoms with Gasteiger partial charge >= 0.3 is 0 Å². The summed E-state index contributed by atoms with van der Waals surface area (Å²) in [6.45, 7) is 2.05. The molecule has 0 fully saturated rings. The highest BCUT2D eigenvalue weighted by molar-refractivity contribution is 7.97. The minimum atomic E-state index is -0.198. The van der Waals surface area contributed by atoms with Gasteiger partial charge in [0.1, 0.15) is 5.82 Å². The van der Waals surface area contributed by atoms with E-state index in [1.807, 2.05) is 29.4 Å². The summed E-state index contributed by atoms with van der Waals surface area (Å²) in [5, 5.41) is 6.67. The quantitative estimate of drug-likeness (QED) is 0.437. The van der Waals surface area contributed by atoms with Crippen LogP contribution in [0.1, 0.15) is 22.3 Å². The van der Waals surface area contributed by atoms with E-state index < -0.39 is 0 Å². The molecule has 0 radical (unpaired) electrons. The molecule has 0 saturated heterocycles. The van der Waals surface area contributed by atoms with Crippen LogP contribution in [0.2, 0.25) is 0 Å². The molecule has 1 heterocycles. The van der Waals surface area contributed by atoms with Crippen molar-refractivity contribution in [1.82, 2.24) is 20.2 Å². The summed E-state index contributed by atoms with van der Waals surface area (Å²) in [5.41, 5.74) is 4.48. The number of benzene rings is 2. The van der Waals surface area contributed by atoms with Crippen LogP contribution in [0.15, 0.2) is 66.2 Å². The Morgan fingerprint density at radius 3 is 2.69 bits per heavy atom. The smallest absolute Gasteiger partial charge is 0.191 e. The molecule has 0 aliphatic carbocycles. The van der Waals surface area contributed by atoms with Gasteiger partial charge in [-0.3, -0.25) is 4.99 Å². The number of imidazole rings is 1. The molecule has 0 atom stereocenters. The van der Waals surface area contributed by atoms with Gasteiger partial charge in [-0.25, -0.2) is 9.37 Å². The first kappa shape index (κ1) is 20.9. The van der Waals surface area contributed by atoms with Crippen molar-refractivity contribution in [3.63, 3.8) is 0 Å². The molecule has 0 amide bonds. The van der Waals surface area contributed by atoms with Gasteiger partial charge in [-0.15, -0.1) is 0 Å². The SMILES string of the molecule is CN=C(NCc1cccc(Cn2ccnc2)c1)NCc1ccc(F)cc1CSC. The predicted octanol–water partition coefficient (Wildman–Crippen LogP) is 3.80. The zero-order valence-electron chi connectivity index (χ0n) is 16.7. The van der Waals surface area contributed by atoms with Gasteiger partial charge in [0.25, 0.3) is 0 Å². The molecule has 1 aromatic heterocycles. The van der Waals surface area contributed by atoms with Crippen molar-refractivity contribution in [2.75, 3.05) is 13.3 Å². The Balaban J connectivity index is 1.56. The summed E-state index contributed by atoms with van der Waals surface area (Å²) < 4.78 is 15.6. The van der Waals surface area contributed by atoms with Crippen LogP contribution in [-0.4, -0.2) is 28.8 Å². The van der Waals surface area contributed by atoms with Gasteiger partial charge in [-0.1, -0.05) is 30.3 Å². The van der Waals surface area contributed by atoms with Gasteiger partial charge in [0, 0.05) is 44.8 Å². The first-order chi connectivity index (χ1) is 14.2. The topological polar surface area (TPSA) is 54.2 Å². The van der Waals surface area contributed by atoms with Crippen LogP contribution < -0.4 is 10.6 Å². The molecule has 29 heavy (non-hydrogen) atoms. The van der Waals surface area contributed by atoms with Gasteiger partial charge in [0.15, 0.2) is 5.96 Å². The Morgan fingerprint density at radius 1 is 1.10 bits per heavy atom. The first-order valence-corrected chi connectivity index (χ1v) is 10.8. The summed E-state index contributed by atoms with van der Waals surface area (Å²) >= 11 is 1.68. The lowest BCUT2D eigenvalue weighted by atomic mass is 10.1. The molecule has 0 aliphatic rings. The Hall–Kier alpha value is -2.80. The van der Waals surface area contributed by atoms with Crippen LogP contribution in [-0.2, 0) is 25.4 Å². The van der Waals surface area contributed by atoms with Gasteiger partial charge < -0.3 is 15.2 Å². The van der Waals surface area contributed by atoms with Crippen molar-refractivity contribution < 1.29 is 4.39 Å². The molecular formula is C22H26FN5S. The van der Waals surface area contributed by atoms with E-state index in [9.17, 15) is 4.39 Å². The number of halogens is 1. The summed E-state index contributed by atoms with van der Waals surface area (Å²) in [7, 11) is 1.75. The molecule has 3 rings (SSSR count). The first-order valence-electron chi connectivity index (χ1n) is 9.42. The monoisotopic (exact) mass is 411 g/mol. The number of aromatic nitrogens is 2. The van der Waals surface area contributed by atoms with Gasteiger partial charge in [-0.05, 0) is 40.6 Å². The second kappa shape index (κ2) is 10.7. The van der Waals surface area contributed by atoms with Crippen molar-refractivity contribution in [3.05, 3.63) is 89.3 Å². The highest BCUT2D eigenvalue weighted by atomic mass is 32.2. The second-order valence-corrected chi connectivity index (χ2v) is 7.55. The van der Waals surface area contributed by atoms with Gasteiger partial charge in [-0.2, -0.15) is 11.8 Å². The maximum atomic E-state index is 13.5. The van der Waals surface area contributed by atoms with E-state index in [1.54, 1.807) is 31.1 Å². The third-order valence-electron chi connectivity index (χ3n) is 4.51. The van der Waals surface area contributed by atoms with Gasteiger partial charge in [0.2, 0.25) is 0 Å². The number of rotatable bonds is 8. The molecule has 3 aromatic rings. The minimum absolute atomic E-state index is 0.198. The number of nitrogens with zero attached hydrogens (tertiary/aromatic N) is 3. The predicted molar refractivity (Wildman–Crippen MR) is 118 cm³/mol. The van der Waals surface area contributed by atoms with Crippen LogP contribution in [0, 0.1) is 5.82 Å². The van der Waals surface area contributed by atoms with Crippen LogP contribution in [0.3, 0.4) is 0 Å². The number of nitrogens with one attached hydrogen (secondary N) is 2. The number of thioether (sulfide) groups is 1. The molecule has 2 N–H and O–H groups in total. The Kier molecular flexibility index (Phi) is 7.69. The molecular weight excluding hydrogens is 385 g/mol. The van der Waals surface area contributed by atoms with E-state index in [4.69, 9.17) is 0 Å². The van der Waals surface area contributed by atoms with E-state index in [1.165, 1.54) is 17.2 Å². The molecule has 0 unspecified atom stereocenters. The molecule has 7 heteroatoms.